The molecule has 1 amide bonds. The second-order valence-corrected chi connectivity index (χ2v) is 10.2. The van der Waals surface area contributed by atoms with E-state index in [-0.39, 0.29) is 0 Å². The van der Waals surface area contributed by atoms with Crippen LogP contribution in [0.1, 0.15) is 15.9 Å². The minimum atomic E-state index is -0.532. The molecule has 0 radical (unpaired) electrons. The number of rotatable bonds is 11. The Bertz CT molecular complexity index is 1450. The summed E-state index contributed by atoms with van der Waals surface area (Å²) in [5, 5.41) is 8.21. The van der Waals surface area contributed by atoms with Crippen LogP contribution in [0.3, 0.4) is 0 Å². The van der Waals surface area contributed by atoms with Crippen LogP contribution in [0.25, 0.3) is 11.3 Å². The van der Waals surface area contributed by atoms with Crippen LogP contribution in [0.5, 0.6) is 17.2 Å². The van der Waals surface area contributed by atoms with Crippen LogP contribution in [0.15, 0.2) is 72.8 Å². The minimum absolute atomic E-state index is 0.366. The van der Waals surface area contributed by atoms with Gasteiger partial charge in [0.05, 0.1) is 0 Å². The van der Waals surface area contributed by atoms with Crippen LogP contribution in [0.4, 0.5) is 11.5 Å². The summed E-state index contributed by atoms with van der Waals surface area (Å²) in [6.07, 6.45) is 0.735. The molecule has 40 heavy (non-hydrogen) atoms. The molecule has 0 spiro atoms. The topological polar surface area (TPSA) is 97.9 Å². The summed E-state index contributed by atoms with van der Waals surface area (Å²) in [6, 6.07) is 23.1. The van der Waals surface area contributed by atoms with Gasteiger partial charge in [0.15, 0.2) is 0 Å². The summed E-state index contributed by atoms with van der Waals surface area (Å²) in [6.45, 7) is 4.07. The highest BCUT2D eigenvalue weighted by molar-refractivity contribution is 6.04. The number of benzene rings is 3. The zero-order chi connectivity index (χ0) is 28.1. The van der Waals surface area contributed by atoms with Crippen molar-refractivity contribution in [3.05, 3.63) is 83.9 Å². The molecule has 5 rings (SSSR count). The fourth-order valence-corrected chi connectivity index (χ4v) is 4.64. The Morgan fingerprint density at radius 3 is 2.40 bits per heavy atom. The number of aromatic nitrogens is 2. The lowest BCUT2D eigenvalue weighted by Crippen LogP contribution is -2.31. The molecule has 9 nitrogen and oxygen atoms in total. The second-order valence-electron chi connectivity index (χ2n) is 10.2. The molecule has 1 aromatic heterocycles. The van der Waals surface area contributed by atoms with Crippen LogP contribution >= 0.6 is 0 Å². The lowest BCUT2D eigenvalue weighted by Gasteiger charge is -2.19. The zero-order valence-corrected chi connectivity index (χ0v) is 23.3. The largest absolute Gasteiger partial charge is 0.492 e. The number of nitrogens with zero attached hydrogens (tertiary/aromatic N) is 4. The number of para-hydroxylation sites is 1. The van der Waals surface area contributed by atoms with E-state index >= 15 is 0 Å². The predicted octanol–water partition coefficient (Wildman–Crippen LogP) is 4.61. The van der Waals surface area contributed by atoms with E-state index in [0.717, 1.165) is 54.4 Å². The lowest BCUT2D eigenvalue weighted by molar-refractivity contribution is 0.100. The van der Waals surface area contributed by atoms with Crippen molar-refractivity contribution in [1.29, 1.82) is 0 Å². The number of primary amides is 1. The maximum Gasteiger partial charge on any atom is 0.254 e. The van der Waals surface area contributed by atoms with E-state index in [1.165, 1.54) is 0 Å². The van der Waals surface area contributed by atoms with Crippen molar-refractivity contribution < 1.29 is 14.3 Å². The molecular formula is C31H36N6O3. The first-order valence-electron chi connectivity index (χ1n) is 13.5. The van der Waals surface area contributed by atoms with Crippen molar-refractivity contribution in [1.82, 2.24) is 19.6 Å². The Balaban J connectivity index is 1.30. The van der Waals surface area contributed by atoms with E-state index in [2.05, 4.69) is 42.3 Å². The van der Waals surface area contributed by atoms with Gasteiger partial charge in [-0.05, 0) is 87.7 Å². The smallest absolute Gasteiger partial charge is 0.254 e. The first-order valence-corrected chi connectivity index (χ1v) is 13.5. The van der Waals surface area contributed by atoms with Crippen molar-refractivity contribution in [2.24, 2.45) is 5.73 Å². The van der Waals surface area contributed by atoms with Crippen molar-refractivity contribution >= 4 is 17.4 Å². The maximum atomic E-state index is 12.6. The number of amides is 1. The Morgan fingerprint density at radius 1 is 0.950 bits per heavy atom. The number of nitrogens with one attached hydrogen (secondary N) is 1. The zero-order valence-electron chi connectivity index (χ0n) is 23.3. The molecule has 0 bridgehead atoms. The van der Waals surface area contributed by atoms with E-state index in [0.29, 0.717) is 36.0 Å². The number of carbonyl (C=O) groups excluding carboxylic acids is 1. The Hall–Kier alpha value is -4.34. The average molecular weight is 541 g/mol. The summed E-state index contributed by atoms with van der Waals surface area (Å²) >= 11 is 0. The van der Waals surface area contributed by atoms with Gasteiger partial charge in [0.1, 0.15) is 40.9 Å². The molecular weight excluding hydrogens is 504 g/mol. The third-order valence-electron chi connectivity index (χ3n) is 6.90. The van der Waals surface area contributed by atoms with Crippen LogP contribution in [0.2, 0.25) is 0 Å². The summed E-state index contributed by atoms with van der Waals surface area (Å²) < 4.78 is 13.8. The van der Waals surface area contributed by atoms with Gasteiger partial charge < -0.3 is 30.3 Å². The molecule has 0 fully saturated rings. The van der Waals surface area contributed by atoms with Gasteiger partial charge in [-0.1, -0.05) is 18.2 Å². The van der Waals surface area contributed by atoms with Gasteiger partial charge in [0.25, 0.3) is 5.91 Å². The maximum absolute atomic E-state index is 12.6. The molecule has 0 saturated heterocycles. The van der Waals surface area contributed by atoms with Gasteiger partial charge >= 0.3 is 0 Å². The van der Waals surface area contributed by atoms with Crippen LogP contribution in [0, 0.1) is 0 Å². The summed E-state index contributed by atoms with van der Waals surface area (Å²) in [5.74, 6) is 2.35. The molecule has 9 heteroatoms. The van der Waals surface area contributed by atoms with Gasteiger partial charge in [-0.25, -0.2) is 4.68 Å². The number of fused-ring (bicyclic) bond motifs is 2. The van der Waals surface area contributed by atoms with Crippen molar-refractivity contribution in [3.8, 4) is 28.5 Å². The molecule has 1 aliphatic heterocycles. The highest BCUT2D eigenvalue weighted by Gasteiger charge is 2.26. The van der Waals surface area contributed by atoms with E-state index < -0.39 is 5.91 Å². The van der Waals surface area contributed by atoms with Crippen LogP contribution in [-0.4, -0.2) is 72.9 Å². The molecule has 2 heterocycles. The molecule has 4 aromatic rings. The summed E-state index contributed by atoms with van der Waals surface area (Å²) in [5.41, 5.74) is 9.59. The number of hydrogen-bond donors (Lipinski definition) is 2. The number of ether oxygens (including phenoxy) is 2. The van der Waals surface area contributed by atoms with E-state index in [1.807, 2.05) is 71.4 Å². The van der Waals surface area contributed by atoms with Gasteiger partial charge in [-0.2, -0.15) is 5.10 Å². The first kappa shape index (κ1) is 27.2. The van der Waals surface area contributed by atoms with Crippen molar-refractivity contribution in [2.75, 3.05) is 52.7 Å². The van der Waals surface area contributed by atoms with E-state index in [1.54, 1.807) is 0 Å². The number of anilines is 2. The third kappa shape index (κ3) is 6.44. The fraction of sp³-hybridized carbons (Fsp3) is 0.290. The van der Waals surface area contributed by atoms with E-state index in [4.69, 9.17) is 20.3 Å². The lowest BCUT2D eigenvalue weighted by atomic mass is 10.1. The number of carbonyl (C=O) groups is 1. The predicted molar refractivity (Wildman–Crippen MR) is 158 cm³/mol. The number of likely N-dealkylation sites (N-methyl/N-ethyl adjacent to an activating group) is 2. The van der Waals surface area contributed by atoms with Gasteiger partial charge in [-0.3, -0.25) is 4.79 Å². The SMILES string of the molecule is CN(C)CCN(C)CCOc1ccc2c(c1)CCn1nc(-c3ccc(Oc4ccccc4)cc3)c(C(N)=O)c1N2. The van der Waals surface area contributed by atoms with Gasteiger partial charge in [0, 0.05) is 37.4 Å². The summed E-state index contributed by atoms with van der Waals surface area (Å²) in [7, 11) is 6.26. The molecule has 3 aromatic carbocycles. The molecule has 208 valence electrons. The Kier molecular flexibility index (Phi) is 8.33. The Labute approximate surface area is 235 Å². The van der Waals surface area contributed by atoms with Gasteiger partial charge in [0.2, 0.25) is 0 Å². The highest BCUT2D eigenvalue weighted by Crippen LogP contribution is 2.36. The van der Waals surface area contributed by atoms with Gasteiger partial charge in [-0.15, -0.1) is 0 Å². The summed E-state index contributed by atoms with van der Waals surface area (Å²) in [4.78, 5) is 17.1. The molecule has 3 N–H and O–H groups in total. The Morgan fingerprint density at radius 2 is 1.68 bits per heavy atom. The van der Waals surface area contributed by atoms with E-state index in [9.17, 15) is 4.79 Å². The van der Waals surface area contributed by atoms with Crippen molar-refractivity contribution in [3.63, 3.8) is 0 Å². The highest BCUT2D eigenvalue weighted by atomic mass is 16.5. The minimum Gasteiger partial charge on any atom is -0.492 e. The molecule has 0 atom stereocenters. The number of nitrogens with two attached hydrogens (primary N) is 1. The normalized spacial score (nSPS) is 12.4. The molecule has 0 aliphatic carbocycles. The molecule has 1 aliphatic rings. The van der Waals surface area contributed by atoms with Crippen molar-refractivity contribution in [2.45, 2.75) is 13.0 Å². The number of aryl methyl sites for hydroxylation is 2. The standard InChI is InChI=1S/C31H36N6O3/c1-35(2)17-18-36(3)19-20-39-26-13-14-27-23(21-26)15-16-37-31(33-27)28(30(32)38)29(34-37)22-9-11-25(12-10-22)40-24-7-5-4-6-8-24/h4-14,21,33H,15-20H2,1-3H3,(H2,32,38). The average Bonchev–Trinajstić information content (AvgIpc) is 3.21. The molecule has 0 unspecified atom stereocenters. The third-order valence-corrected chi connectivity index (χ3v) is 6.90. The van der Waals surface area contributed by atoms with Crippen LogP contribution < -0.4 is 20.5 Å². The fourth-order valence-electron chi connectivity index (χ4n) is 4.64. The quantitative estimate of drug-likeness (QED) is 0.287. The first-order chi connectivity index (χ1) is 19.4. The monoisotopic (exact) mass is 540 g/mol. The number of hydrogen-bond acceptors (Lipinski definition) is 7. The van der Waals surface area contributed by atoms with Crippen LogP contribution in [-0.2, 0) is 13.0 Å². The second kappa shape index (κ2) is 12.2. The molecule has 0 saturated carbocycles.